The van der Waals surface area contributed by atoms with Crippen molar-refractivity contribution in [2.45, 2.75) is 33.4 Å². The fourth-order valence-electron chi connectivity index (χ4n) is 2.19. The van der Waals surface area contributed by atoms with Gasteiger partial charge in [-0.1, -0.05) is 26.0 Å². The van der Waals surface area contributed by atoms with Crippen molar-refractivity contribution in [2.75, 3.05) is 47.5 Å². The fraction of sp³-hybridized carbons (Fsp3) is 0.650. The third-order valence-corrected chi connectivity index (χ3v) is 4.37. The zero-order chi connectivity index (χ0) is 19.4. The molecule has 1 atom stereocenters. The molecule has 0 heterocycles. The van der Waals surface area contributed by atoms with Crippen LogP contribution in [-0.4, -0.2) is 64.4 Å². The van der Waals surface area contributed by atoms with Gasteiger partial charge in [0, 0.05) is 39.8 Å². The van der Waals surface area contributed by atoms with Gasteiger partial charge in [-0.15, -0.1) is 0 Å². The highest BCUT2D eigenvalue weighted by atomic mass is 16.5. The standard InChI is InChI=1S/C20H36N4O2/c1-16(2)17(3)23-20(21-4)22-15-18-8-7-9-19(14-18)26-13-11-24(5)10-12-25-6/h7-9,14,16-17H,10-13,15H2,1-6H3,(H2,21,22,23). The Kier molecular flexibility index (Phi) is 10.7. The van der Waals surface area contributed by atoms with Gasteiger partial charge < -0.3 is 25.0 Å². The molecule has 148 valence electrons. The van der Waals surface area contributed by atoms with Crippen LogP contribution in [0.25, 0.3) is 0 Å². The van der Waals surface area contributed by atoms with Crippen LogP contribution in [0.2, 0.25) is 0 Å². The van der Waals surface area contributed by atoms with Crippen LogP contribution in [0.4, 0.5) is 0 Å². The van der Waals surface area contributed by atoms with E-state index in [1.165, 1.54) is 0 Å². The molecular formula is C20H36N4O2. The first-order chi connectivity index (χ1) is 12.5. The molecule has 0 bridgehead atoms. The number of nitrogens with one attached hydrogen (secondary N) is 2. The highest BCUT2D eigenvalue weighted by molar-refractivity contribution is 5.79. The Morgan fingerprint density at radius 3 is 2.58 bits per heavy atom. The number of hydrogen-bond acceptors (Lipinski definition) is 4. The number of guanidine groups is 1. The average Bonchev–Trinajstić information content (AvgIpc) is 2.63. The lowest BCUT2D eigenvalue weighted by Crippen LogP contribution is -2.43. The summed E-state index contributed by atoms with van der Waals surface area (Å²) in [5.74, 6) is 2.26. The minimum absolute atomic E-state index is 0.367. The summed E-state index contributed by atoms with van der Waals surface area (Å²) < 4.78 is 11.0. The number of nitrogens with zero attached hydrogens (tertiary/aromatic N) is 2. The van der Waals surface area contributed by atoms with Crippen molar-refractivity contribution in [2.24, 2.45) is 10.9 Å². The van der Waals surface area contributed by atoms with E-state index < -0.39 is 0 Å². The van der Waals surface area contributed by atoms with Crippen molar-refractivity contribution in [3.05, 3.63) is 29.8 Å². The van der Waals surface area contributed by atoms with Crippen LogP contribution in [0.15, 0.2) is 29.3 Å². The van der Waals surface area contributed by atoms with Crippen LogP contribution in [0.5, 0.6) is 5.75 Å². The summed E-state index contributed by atoms with van der Waals surface area (Å²) in [6, 6.07) is 8.54. The number of ether oxygens (including phenoxy) is 2. The second kappa shape index (κ2) is 12.5. The number of rotatable bonds is 11. The fourth-order valence-corrected chi connectivity index (χ4v) is 2.19. The van der Waals surface area contributed by atoms with Crippen LogP contribution in [0, 0.1) is 5.92 Å². The molecule has 1 aromatic carbocycles. The monoisotopic (exact) mass is 364 g/mol. The Bertz CT molecular complexity index is 534. The lowest BCUT2D eigenvalue weighted by atomic mass is 10.1. The number of hydrogen-bond donors (Lipinski definition) is 2. The van der Waals surface area contributed by atoms with Gasteiger partial charge in [0.05, 0.1) is 6.61 Å². The molecule has 0 spiro atoms. The smallest absolute Gasteiger partial charge is 0.191 e. The molecule has 0 aliphatic rings. The van der Waals surface area contributed by atoms with Crippen LogP contribution in [0.1, 0.15) is 26.3 Å². The minimum Gasteiger partial charge on any atom is -0.492 e. The average molecular weight is 365 g/mol. The summed E-state index contributed by atoms with van der Waals surface area (Å²) in [5, 5.41) is 6.76. The predicted molar refractivity (Wildman–Crippen MR) is 109 cm³/mol. The zero-order valence-corrected chi connectivity index (χ0v) is 17.2. The van der Waals surface area contributed by atoms with Gasteiger partial charge in [-0.3, -0.25) is 4.99 Å². The van der Waals surface area contributed by atoms with E-state index in [0.717, 1.165) is 37.0 Å². The Morgan fingerprint density at radius 1 is 1.19 bits per heavy atom. The first kappa shape index (κ1) is 22.3. The van der Waals surface area contributed by atoms with Crippen LogP contribution < -0.4 is 15.4 Å². The van der Waals surface area contributed by atoms with E-state index >= 15 is 0 Å². The maximum atomic E-state index is 5.87. The molecule has 2 N–H and O–H groups in total. The summed E-state index contributed by atoms with van der Waals surface area (Å²) in [6.07, 6.45) is 0. The molecule has 1 rings (SSSR count). The van der Waals surface area contributed by atoms with Gasteiger partial charge in [0.25, 0.3) is 0 Å². The number of benzene rings is 1. The maximum absolute atomic E-state index is 5.87. The first-order valence-electron chi connectivity index (χ1n) is 9.32. The molecule has 0 radical (unpaired) electrons. The summed E-state index contributed by atoms with van der Waals surface area (Å²) in [7, 11) is 5.58. The third-order valence-electron chi connectivity index (χ3n) is 4.37. The molecule has 0 aliphatic heterocycles. The summed E-state index contributed by atoms with van der Waals surface area (Å²) in [6.45, 7) is 10.4. The highest BCUT2D eigenvalue weighted by Gasteiger charge is 2.09. The number of methoxy groups -OCH3 is 1. The predicted octanol–water partition coefficient (Wildman–Crippen LogP) is 2.35. The van der Waals surface area contributed by atoms with E-state index in [-0.39, 0.29) is 0 Å². The maximum Gasteiger partial charge on any atom is 0.191 e. The molecule has 0 aromatic heterocycles. The van der Waals surface area contributed by atoms with Gasteiger partial charge in [-0.05, 0) is 37.6 Å². The van der Waals surface area contributed by atoms with Crippen molar-refractivity contribution in [1.82, 2.24) is 15.5 Å². The molecule has 0 fully saturated rings. The van der Waals surface area contributed by atoms with Crippen molar-refractivity contribution in [3.63, 3.8) is 0 Å². The second-order valence-corrected chi connectivity index (χ2v) is 6.89. The Hall–Kier alpha value is -1.79. The SMILES string of the molecule is CN=C(NCc1cccc(OCCN(C)CCOC)c1)NC(C)C(C)C. The molecule has 0 saturated heterocycles. The summed E-state index contributed by atoms with van der Waals surface area (Å²) in [4.78, 5) is 6.48. The number of likely N-dealkylation sites (N-methyl/N-ethyl adjacent to an activating group) is 1. The van der Waals surface area contributed by atoms with Crippen molar-refractivity contribution in [3.8, 4) is 5.75 Å². The van der Waals surface area contributed by atoms with Crippen molar-refractivity contribution in [1.29, 1.82) is 0 Å². The van der Waals surface area contributed by atoms with Gasteiger partial charge in [-0.2, -0.15) is 0 Å². The zero-order valence-electron chi connectivity index (χ0n) is 17.2. The quantitative estimate of drug-likeness (QED) is 0.466. The summed E-state index contributed by atoms with van der Waals surface area (Å²) in [5.41, 5.74) is 1.16. The molecule has 0 saturated carbocycles. The minimum atomic E-state index is 0.367. The molecule has 1 aromatic rings. The Balaban J connectivity index is 2.43. The Morgan fingerprint density at radius 2 is 1.92 bits per heavy atom. The molecular weight excluding hydrogens is 328 g/mol. The van der Waals surface area contributed by atoms with E-state index in [1.807, 2.05) is 12.1 Å². The second-order valence-electron chi connectivity index (χ2n) is 6.89. The van der Waals surface area contributed by atoms with E-state index in [1.54, 1.807) is 14.2 Å². The van der Waals surface area contributed by atoms with Gasteiger partial charge in [-0.25, -0.2) is 0 Å². The van der Waals surface area contributed by atoms with Gasteiger partial charge in [0.2, 0.25) is 0 Å². The van der Waals surface area contributed by atoms with Crippen molar-refractivity contribution < 1.29 is 9.47 Å². The highest BCUT2D eigenvalue weighted by Crippen LogP contribution is 2.13. The lowest BCUT2D eigenvalue weighted by molar-refractivity contribution is 0.150. The van der Waals surface area contributed by atoms with Gasteiger partial charge in [0.1, 0.15) is 12.4 Å². The summed E-state index contributed by atoms with van der Waals surface area (Å²) >= 11 is 0. The van der Waals surface area contributed by atoms with E-state index in [9.17, 15) is 0 Å². The molecule has 6 heteroatoms. The van der Waals surface area contributed by atoms with Crippen LogP contribution >= 0.6 is 0 Å². The van der Waals surface area contributed by atoms with Crippen molar-refractivity contribution >= 4 is 5.96 Å². The third kappa shape index (κ3) is 9.06. The van der Waals surface area contributed by atoms with Gasteiger partial charge in [0.15, 0.2) is 5.96 Å². The Labute approximate surface area is 159 Å². The molecule has 0 amide bonds. The van der Waals surface area contributed by atoms with Crippen LogP contribution in [0.3, 0.4) is 0 Å². The normalized spacial score (nSPS) is 13.2. The van der Waals surface area contributed by atoms with E-state index in [0.29, 0.717) is 25.1 Å². The largest absolute Gasteiger partial charge is 0.492 e. The first-order valence-corrected chi connectivity index (χ1v) is 9.32. The van der Waals surface area contributed by atoms with Gasteiger partial charge >= 0.3 is 0 Å². The lowest BCUT2D eigenvalue weighted by Gasteiger charge is -2.21. The molecule has 0 aliphatic carbocycles. The van der Waals surface area contributed by atoms with E-state index in [2.05, 4.69) is 60.5 Å². The molecule has 1 unspecified atom stereocenters. The molecule has 26 heavy (non-hydrogen) atoms. The topological polar surface area (TPSA) is 58.1 Å². The van der Waals surface area contributed by atoms with Crippen LogP contribution in [-0.2, 0) is 11.3 Å². The molecule has 6 nitrogen and oxygen atoms in total. The number of aliphatic imine (C=N–C) groups is 1. The van der Waals surface area contributed by atoms with E-state index in [4.69, 9.17) is 9.47 Å².